The van der Waals surface area contributed by atoms with E-state index in [2.05, 4.69) is 6.92 Å². The number of aryl methyl sites for hydroxylation is 1. The van der Waals surface area contributed by atoms with Gasteiger partial charge in [0.1, 0.15) is 5.75 Å². The van der Waals surface area contributed by atoms with Crippen molar-refractivity contribution in [3.63, 3.8) is 0 Å². The number of halogens is 2. The molecule has 0 bridgehead atoms. The average molecular weight is 456 g/mol. The molecule has 0 aromatic heterocycles. The van der Waals surface area contributed by atoms with Gasteiger partial charge in [0.15, 0.2) is 0 Å². The van der Waals surface area contributed by atoms with Crippen LogP contribution in [-0.2, 0) is 20.8 Å². The van der Waals surface area contributed by atoms with E-state index >= 15 is 0 Å². The van der Waals surface area contributed by atoms with E-state index in [-0.39, 0.29) is 0 Å². The van der Waals surface area contributed by atoms with Crippen LogP contribution >= 0.6 is 17.0 Å². The van der Waals surface area contributed by atoms with Crippen molar-refractivity contribution in [3.05, 3.63) is 53.6 Å². The SMILES string of the molecule is Cc1cc(C=NC2CCCCC2)c(O)c(-c2ccccc2)c1.[Cl][Zr][Cl]. The molecular weight excluding hydrogens is 432 g/mol. The van der Waals surface area contributed by atoms with E-state index in [1.165, 1.54) is 32.1 Å². The first-order valence-electron chi connectivity index (χ1n) is 8.54. The number of phenols is 1. The first-order valence-corrected chi connectivity index (χ1v) is 14.9. The van der Waals surface area contributed by atoms with Gasteiger partial charge in [-0.25, -0.2) is 0 Å². The minimum absolute atomic E-state index is 0.330. The Balaban J connectivity index is 0.000000701. The number of hydrogen-bond acceptors (Lipinski definition) is 2. The van der Waals surface area contributed by atoms with E-state index in [4.69, 9.17) is 22.0 Å². The Morgan fingerprint density at radius 1 is 1.08 bits per heavy atom. The second kappa shape index (κ2) is 11.2. The Hall–Kier alpha value is -0.627. The van der Waals surface area contributed by atoms with Crippen molar-refractivity contribution in [3.8, 4) is 16.9 Å². The fourth-order valence-corrected chi connectivity index (χ4v) is 3.16. The van der Waals surface area contributed by atoms with Crippen LogP contribution in [0.25, 0.3) is 11.1 Å². The van der Waals surface area contributed by atoms with Gasteiger partial charge in [-0.1, -0.05) is 49.6 Å². The van der Waals surface area contributed by atoms with Gasteiger partial charge in [-0.3, -0.25) is 4.99 Å². The molecule has 1 fully saturated rings. The molecule has 0 aliphatic heterocycles. The molecule has 0 amide bonds. The number of aromatic hydroxyl groups is 1. The molecule has 2 nitrogen and oxygen atoms in total. The molecule has 25 heavy (non-hydrogen) atoms. The van der Waals surface area contributed by atoms with E-state index < -0.39 is 20.8 Å². The maximum absolute atomic E-state index is 10.6. The van der Waals surface area contributed by atoms with Crippen molar-refractivity contribution in [2.75, 3.05) is 0 Å². The van der Waals surface area contributed by atoms with Gasteiger partial charge in [0.25, 0.3) is 0 Å². The Morgan fingerprint density at radius 2 is 1.72 bits per heavy atom. The van der Waals surface area contributed by atoms with Gasteiger partial charge in [0, 0.05) is 23.4 Å². The van der Waals surface area contributed by atoms with Crippen LogP contribution in [0.2, 0.25) is 0 Å². The molecule has 1 aliphatic rings. The van der Waals surface area contributed by atoms with Gasteiger partial charge < -0.3 is 5.11 Å². The zero-order chi connectivity index (χ0) is 18.1. The third-order valence-corrected chi connectivity index (χ3v) is 4.37. The van der Waals surface area contributed by atoms with Gasteiger partial charge >= 0.3 is 37.9 Å². The van der Waals surface area contributed by atoms with Gasteiger partial charge in [-0.05, 0) is 43.0 Å². The van der Waals surface area contributed by atoms with Crippen LogP contribution in [0.15, 0.2) is 47.5 Å². The van der Waals surface area contributed by atoms with Crippen LogP contribution in [-0.4, -0.2) is 17.4 Å². The zero-order valence-corrected chi connectivity index (χ0v) is 18.4. The summed E-state index contributed by atoms with van der Waals surface area (Å²) in [5.41, 5.74) is 3.88. The van der Waals surface area contributed by atoms with Crippen LogP contribution in [0.5, 0.6) is 5.75 Å². The Labute approximate surface area is 169 Å². The molecular formula is C20H23Cl2NOZr. The van der Waals surface area contributed by atoms with E-state index in [0.717, 1.165) is 22.3 Å². The summed E-state index contributed by atoms with van der Waals surface area (Å²) < 4.78 is 0. The van der Waals surface area contributed by atoms with Crippen molar-refractivity contribution in [2.45, 2.75) is 45.1 Å². The number of nitrogens with zero attached hydrogens (tertiary/aromatic N) is 1. The summed E-state index contributed by atoms with van der Waals surface area (Å²) in [4.78, 5) is 4.71. The van der Waals surface area contributed by atoms with E-state index in [9.17, 15) is 5.11 Å². The van der Waals surface area contributed by atoms with Crippen molar-refractivity contribution >= 4 is 23.2 Å². The second-order valence-corrected chi connectivity index (χ2v) is 9.99. The normalized spacial score (nSPS) is 14.8. The van der Waals surface area contributed by atoms with Crippen molar-refractivity contribution in [1.29, 1.82) is 0 Å². The fraction of sp³-hybridized carbons (Fsp3) is 0.350. The first-order chi connectivity index (χ1) is 12.2. The molecule has 2 aromatic rings. The van der Waals surface area contributed by atoms with E-state index in [0.29, 0.717) is 11.8 Å². The monoisotopic (exact) mass is 453 g/mol. The number of phenolic OH excluding ortho intramolecular Hbond substituents is 1. The molecule has 1 aliphatic carbocycles. The quantitative estimate of drug-likeness (QED) is 0.527. The number of hydrogen-bond donors (Lipinski definition) is 1. The van der Waals surface area contributed by atoms with Crippen LogP contribution in [0.4, 0.5) is 0 Å². The van der Waals surface area contributed by atoms with Crippen LogP contribution in [0.3, 0.4) is 0 Å². The molecule has 1 N–H and O–H groups in total. The fourth-order valence-electron chi connectivity index (χ4n) is 3.16. The number of aliphatic imine (C=N–C) groups is 1. The summed E-state index contributed by atoms with van der Waals surface area (Å²) >= 11 is -0.826. The molecule has 5 heteroatoms. The summed E-state index contributed by atoms with van der Waals surface area (Å²) in [5, 5.41) is 10.6. The van der Waals surface area contributed by atoms with Crippen LogP contribution in [0.1, 0.15) is 43.2 Å². The van der Waals surface area contributed by atoms with Crippen molar-refractivity contribution in [1.82, 2.24) is 0 Å². The predicted molar refractivity (Wildman–Crippen MR) is 104 cm³/mol. The third kappa shape index (κ3) is 6.55. The Morgan fingerprint density at radius 3 is 2.36 bits per heavy atom. The van der Waals surface area contributed by atoms with Gasteiger partial charge in [-0.15, -0.1) is 0 Å². The molecule has 3 rings (SSSR count). The first kappa shape index (κ1) is 20.7. The van der Waals surface area contributed by atoms with Gasteiger partial charge in [0.2, 0.25) is 0 Å². The molecule has 0 saturated heterocycles. The maximum atomic E-state index is 10.6. The Bertz CT molecular complexity index is 686. The third-order valence-electron chi connectivity index (χ3n) is 4.37. The number of rotatable bonds is 3. The summed E-state index contributed by atoms with van der Waals surface area (Å²) in [6.07, 6.45) is 8.10. The van der Waals surface area contributed by atoms with E-state index in [1.807, 2.05) is 48.7 Å². The summed E-state index contributed by atoms with van der Waals surface area (Å²) in [5.74, 6) is 0.330. The van der Waals surface area contributed by atoms with Gasteiger partial charge in [-0.2, -0.15) is 0 Å². The molecule has 2 aromatic carbocycles. The zero-order valence-electron chi connectivity index (χ0n) is 14.4. The number of benzene rings is 2. The molecule has 0 unspecified atom stereocenters. The molecule has 0 atom stereocenters. The standard InChI is InChI=1S/C20H23NO.2ClH.Zr/c1-15-12-17(14-21-18-10-6-3-7-11-18)20(22)19(13-15)16-8-4-2-5-9-16;;;/h2,4-5,8-9,12-14,18,22H,3,6-7,10-11H2,1H3;2*1H;/q;;;+2/p-2. The predicted octanol–water partition coefficient (Wildman–Crippen LogP) is 6.50. The molecule has 0 heterocycles. The van der Waals surface area contributed by atoms with Crippen LogP contribution in [0, 0.1) is 6.92 Å². The van der Waals surface area contributed by atoms with E-state index in [1.54, 1.807) is 0 Å². The summed E-state index contributed by atoms with van der Waals surface area (Å²) in [6.45, 7) is 2.06. The second-order valence-electron chi connectivity index (χ2n) is 6.26. The van der Waals surface area contributed by atoms with Crippen LogP contribution < -0.4 is 0 Å². The minimum atomic E-state index is -0.826. The summed E-state index contributed by atoms with van der Waals surface area (Å²) in [7, 11) is 9.87. The average Bonchev–Trinajstić information content (AvgIpc) is 2.64. The Kier molecular flexibility index (Phi) is 9.24. The summed E-state index contributed by atoms with van der Waals surface area (Å²) in [6, 6.07) is 14.5. The van der Waals surface area contributed by atoms with Gasteiger partial charge in [0.05, 0.1) is 0 Å². The molecule has 0 radical (unpaired) electrons. The van der Waals surface area contributed by atoms with Crippen molar-refractivity contribution < 1.29 is 26.0 Å². The molecule has 0 spiro atoms. The van der Waals surface area contributed by atoms with Crippen molar-refractivity contribution in [2.24, 2.45) is 4.99 Å². The molecule has 1 saturated carbocycles. The topological polar surface area (TPSA) is 32.6 Å². The molecule has 132 valence electrons.